The fraction of sp³-hybridized carbons (Fsp3) is 0.833. The van der Waals surface area contributed by atoms with Crippen LogP contribution in [0.1, 0.15) is 38.5 Å². The number of aliphatic carboxylic acids is 1. The summed E-state index contributed by atoms with van der Waals surface area (Å²) in [5.41, 5.74) is 0. The van der Waals surface area contributed by atoms with Crippen molar-refractivity contribution in [1.82, 2.24) is 0 Å². The third-order valence-corrected chi connectivity index (χ3v) is 3.18. The van der Waals surface area contributed by atoms with Crippen LogP contribution in [0.15, 0.2) is 0 Å². The van der Waals surface area contributed by atoms with Crippen molar-refractivity contribution in [2.45, 2.75) is 38.5 Å². The molecule has 0 aromatic carbocycles. The first kappa shape index (κ1) is 14.0. The molecule has 98 valence electrons. The number of esters is 1. The third kappa shape index (κ3) is 4.34. The Kier molecular flexibility index (Phi) is 5.97. The Morgan fingerprint density at radius 1 is 1.12 bits per heavy atom. The van der Waals surface area contributed by atoms with Crippen molar-refractivity contribution in [3.05, 3.63) is 0 Å². The maximum Gasteiger partial charge on any atom is 0.309 e. The highest BCUT2D eigenvalue weighted by atomic mass is 16.5. The first-order valence-electron chi connectivity index (χ1n) is 6.17. The molecule has 2 unspecified atom stereocenters. The zero-order chi connectivity index (χ0) is 12.7. The summed E-state index contributed by atoms with van der Waals surface area (Å²) in [6.45, 7) is 0.348. The minimum Gasteiger partial charge on any atom is -0.481 e. The molecule has 0 aliphatic heterocycles. The summed E-state index contributed by atoms with van der Waals surface area (Å²) in [5.74, 6) is -2.37. The van der Waals surface area contributed by atoms with Gasteiger partial charge in [-0.2, -0.15) is 0 Å². The zero-order valence-corrected chi connectivity index (χ0v) is 9.93. The minimum absolute atomic E-state index is 0.0821. The molecule has 1 rings (SSSR count). The largest absolute Gasteiger partial charge is 0.481 e. The average molecular weight is 244 g/mol. The highest BCUT2D eigenvalue weighted by Gasteiger charge is 2.36. The van der Waals surface area contributed by atoms with Crippen LogP contribution in [0.25, 0.3) is 0 Å². The predicted molar refractivity (Wildman–Crippen MR) is 60.4 cm³/mol. The Bertz CT molecular complexity index is 264. The molecule has 0 aromatic rings. The minimum atomic E-state index is -0.901. The summed E-state index contributed by atoms with van der Waals surface area (Å²) in [6.07, 6.45) is 4.14. The Morgan fingerprint density at radius 3 is 2.35 bits per heavy atom. The van der Waals surface area contributed by atoms with Gasteiger partial charge in [-0.25, -0.2) is 0 Å². The van der Waals surface area contributed by atoms with Crippen LogP contribution in [0.4, 0.5) is 0 Å². The molecular weight excluding hydrogens is 224 g/mol. The van der Waals surface area contributed by atoms with E-state index in [-0.39, 0.29) is 13.2 Å². The number of hydrogen-bond acceptors (Lipinski definition) is 4. The maximum absolute atomic E-state index is 11.7. The van der Waals surface area contributed by atoms with Gasteiger partial charge >= 0.3 is 11.9 Å². The zero-order valence-electron chi connectivity index (χ0n) is 9.93. The number of aliphatic hydroxyl groups excluding tert-OH is 1. The topological polar surface area (TPSA) is 83.8 Å². The van der Waals surface area contributed by atoms with E-state index in [1.807, 2.05) is 0 Å². The molecule has 0 amide bonds. The van der Waals surface area contributed by atoms with Crippen molar-refractivity contribution in [3.63, 3.8) is 0 Å². The van der Waals surface area contributed by atoms with Gasteiger partial charge in [-0.1, -0.05) is 12.8 Å². The molecular formula is C12H20O5. The molecule has 1 aliphatic rings. The van der Waals surface area contributed by atoms with E-state index in [1.165, 1.54) is 0 Å². The molecule has 0 radical (unpaired) electrons. The van der Waals surface area contributed by atoms with Gasteiger partial charge in [0.25, 0.3) is 0 Å². The molecule has 17 heavy (non-hydrogen) atoms. The molecule has 0 heterocycles. The van der Waals surface area contributed by atoms with Crippen molar-refractivity contribution < 1.29 is 24.5 Å². The Hall–Kier alpha value is -1.10. The van der Waals surface area contributed by atoms with Gasteiger partial charge in [0.15, 0.2) is 0 Å². The number of carbonyl (C=O) groups excluding carboxylic acids is 1. The van der Waals surface area contributed by atoms with Gasteiger partial charge < -0.3 is 14.9 Å². The summed E-state index contributed by atoms with van der Waals surface area (Å²) in [7, 11) is 0. The van der Waals surface area contributed by atoms with Gasteiger partial charge in [0.1, 0.15) is 0 Å². The lowest BCUT2D eigenvalue weighted by atomic mass is 9.79. The van der Waals surface area contributed by atoms with E-state index < -0.39 is 23.8 Å². The molecule has 1 fully saturated rings. The Morgan fingerprint density at radius 2 is 1.76 bits per heavy atom. The SMILES string of the molecule is O=C(O)C1CCCCC1C(=O)OCCCCO. The van der Waals surface area contributed by atoms with Gasteiger partial charge in [0.2, 0.25) is 0 Å². The van der Waals surface area contributed by atoms with Crippen LogP contribution in [-0.4, -0.2) is 35.4 Å². The number of carbonyl (C=O) groups is 2. The van der Waals surface area contributed by atoms with Crippen LogP contribution < -0.4 is 0 Å². The van der Waals surface area contributed by atoms with E-state index in [1.54, 1.807) is 0 Å². The number of carboxylic acids is 1. The summed E-state index contributed by atoms with van der Waals surface area (Å²) in [5, 5.41) is 17.6. The normalized spacial score (nSPS) is 24.3. The highest BCUT2D eigenvalue weighted by Crippen LogP contribution is 2.31. The van der Waals surface area contributed by atoms with Crippen LogP contribution in [0, 0.1) is 11.8 Å². The number of carboxylic acid groups (broad SMARTS) is 1. The lowest BCUT2D eigenvalue weighted by Gasteiger charge is -2.26. The molecule has 0 saturated heterocycles. The molecule has 0 bridgehead atoms. The van der Waals surface area contributed by atoms with Gasteiger partial charge in [-0.15, -0.1) is 0 Å². The van der Waals surface area contributed by atoms with Crippen molar-refractivity contribution in [1.29, 1.82) is 0 Å². The van der Waals surface area contributed by atoms with E-state index in [0.29, 0.717) is 25.7 Å². The Labute approximate surface area is 101 Å². The Balaban J connectivity index is 2.39. The molecule has 0 aromatic heterocycles. The lowest BCUT2D eigenvalue weighted by molar-refractivity contribution is -0.159. The van der Waals surface area contributed by atoms with E-state index in [4.69, 9.17) is 14.9 Å². The average Bonchev–Trinajstić information content (AvgIpc) is 2.34. The number of ether oxygens (including phenoxy) is 1. The second-order valence-corrected chi connectivity index (χ2v) is 4.43. The number of unbranched alkanes of at least 4 members (excludes halogenated alkanes) is 1. The monoisotopic (exact) mass is 244 g/mol. The number of rotatable bonds is 6. The molecule has 5 heteroatoms. The van der Waals surface area contributed by atoms with E-state index in [2.05, 4.69) is 0 Å². The van der Waals surface area contributed by atoms with Gasteiger partial charge in [0, 0.05) is 6.61 Å². The summed E-state index contributed by atoms with van der Waals surface area (Å²) in [4.78, 5) is 22.7. The number of hydrogen-bond donors (Lipinski definition) is 2. The molecule has 2 N–H and O–H groups in total. The predicted octanol–water partition coefficient (Wildman–Crippen LogP) is 1.19. The summed E-state index contributed by atoms with van der Waals surface area (Å²) in [6, 6.07) is 0. The second-order valence-electron chi connectivity index (χ2n) is 4.43. The van der Waals surface area contributed by atoms with E-state index in [9.17, 15) is 9.59 Å². The molecule has 1 aliphatic carbocycles. The van der Waals surface area contributed by atoms with Crippen LogP contribution in [0.3, 0.4) is 0 Å². The highest BCUT2D eigenvalue weighted by molar-refractivity contribution is 5.81. The fourth-order valence-corrected chi connectivity index (χ4v) is 2.20. The first-order valence-corrected chi connectivity index (χ1v) is 6.17. The standard InChI is InChI=1S/C12H20O5/c13-7-3-4-8-17-12(16)10-6-2-1-5-9(10)11(14)15/h9-10,13H,1-8H2,(H,14,15). The van der Waals surface area contributed by atoms with Crippen LogP contribution in [0.2, 0.25) is 0 Å². The maximum atomic E-state index is 11.7. The molecule has 0 spiro atoms. The van der Waals surface area contributed by atoms with Gasteiger partial charge in [-0.3, -0.25) is 9.59 Å². The third-order valence-electron chi connectivity index (χ3n) is 3.18. The van der Waals surface area contributed by atoms with Crippen LogP contribution in [-0.2, 0) is 14.3 Å². The quantitative estimate of drug-likeness (QED) is 0.541. The summed E-state index contributed by atoms with van der Waals surface area (Å²) < 4.78 is 5.05. The molecule has 5 nitrogen and oxygen atoms in total. The van der Waals surface area contributed by atoms with Crippen molar-refractivity contribution in [2.24, 2.45) is 11.8 Å². The summed E-state index contributed by atoms with van der Waals surface area (Å²) >= 11 is 0. The molecule has 1 saturated carbocycles. The van der Waals surface area contributed by atoms with Crippen molar-refractivity contribution >= 4 is 11.9 Å². The van der Waals surface area contributed by atoms with Gasteiger partial charge in [0.05, 0.1) is 18.4 Å². The smallest absolute Gasteiger partial charge is 0.309 e. The van der Waals surface area contributed by atoms with Gasteiger partial charge in [-0.05, 0) is 25.7 Å². The van der Waals surface area contributed by atoms with Crippen LogP contribution >= 0.6 is 0 Å². The fourth-order valence-electron chi connectivity index (χ4n) is 2.20. The lowest BCUT2D eigenvalue weighted by Crippen LogP contribution is -2.34. The van der Waals surface area contributed by atoms with Crippen LogP contribution in [0.5, 0.6) is 0 Å². The van der Waals surface area contributed by atoms with E-state index in [0.717, 1.165) is 12.8 Å². The first-order chi connectivity index (χ1) is 8.16. The van der Waals surface area contributed by atoms with Crippen molar-refractivity contribution in [2.75, 3.05) is 13.2 Å². The molecule has 2 atom stereocenters. The van der Waals surface area contributed by atoms with Crippen molar-refractivity contribution in [3.8, 4) is 0 Å². The second kappa shape index (κ2) is 7.27. The number of aliphatic hydroxyl groups is 1. The van der Waals surface area contributed by atoms with E-state index >= 15 is 0 Å².